The van der Waals surface area contributed by atoms with Crippen molar-refractivity contribution in [3.05, 3.63) is 54.2 Å². The highest BCUT2D eigenvalue weighted by molar-refractivity contribution is 5.75. The Morgan fingerprint density at radius 1 is 1.16 bits per heavy atom. The van der Waals surface area contributed by atoms with Crippen molar-refractivity contribution in [1.29, 1.82) is 5.26 Å². The van der Waals surface area contributed by atoms with Crippen LogP contribution in [0.2, 0.25) is 0 Å². The van der Waals surface area contributed by atoms with Gasteiger partial charge in [0.2, 0.25) is 5.88 Å². The molecule has 0 saturated heterocycles. The fraction of sp³-hybridized carbons (Fsp3) is 0.261. The molecule has 0 bridgehead atoms. The van der Waals surface area contributed by atoms with E-state index in [4.69, 9.17) is 4.74 Å². The van der Waals surface area contributed by atoms with Gasteiger partial charge in [0.15, 0.2) is 5.82 Å². The van der Waals surface area contributed by atoms with E-state index in [1.807, 2.05) is 44.3 Å². The van der Waals surface area contributed by atoms with Crippen molar-refractivity contribution in [3.8, 4) is 28.8 Å². The summed E-state index contributed by atoms with van der Waals surface area (Å²) in [5, 5.41) is 26.9. The van der Waals surface area contributed by atoms with Gasteiger partial charge in [-0.3, -0.25) is 0 Å². The topological polar surface area (TPSA) is 121 Å². The third-order valence-corrected chi connectivity index (χ3v) is 4.74. The van der Waals surface area contributed by atoms with Gasteiger partial charge in [-0.05, 0) is 45.4 Å². The number of nitriles is 1. The highest BCUT2D eigenvalue weighted by Gasteiger charge is 2.19. The first kappa shape index (κ1) is 21.1. The Hall–Kier alpha value is -4.19. The molecule has 0 radical (unpaired) electrons. The van der Waals surface area contributed by atoms with Crippen LogP contribution >= 0.6 is 0 Å². The SMILES string of the molecule is Cc1cc(Nc2cc3cc(-c4cc(O)ncc4OCC(C)(C)C#N)ccn3n2)nc(C)n1. The molecule has 0 unspecified atom stereocenters. The van der Waals surface area contributed by atoms with Crippen LogP contribution in [0.3, 0.4) is 0 Å². The normalized spacial score (nSPS) is 11.3. The number of nitrogens with zero attached hydrogens (tertiary/aromatic N) is 6. The molecule has 0 aliphatic carbocycles. The van der Waals surface area contributed by atoms with Gasteiger partial charge in [-0.15, -0.1) is 0 Å². The van der Waals surface area contributed by atoms with Crippen molar-refractivity contribution in [3.63, 3.8) is 0 Å². The van der Waals surface area contributed by atoms with Crippen molar-refractivity contribution >= 4 is 17.2 Å². The van der Waals surface area contributed by atoms with Gasteiger partial charge >= 0.3 is 0 Å². The molecule has 4 aromatic heterocycles. The van der Waals surface area contributed by atoms with Crippen LogP contribution in [0.4, 0.5) is 11.6 Å². The Bertz CT molecular complexity index is 1320. The zero-order valence-electron chi connectivity index (χ0n) is 18.3. The van der Waals surface area contributed by atoms with E-state index in [2.05, 4.69) is 31.4 Å². The summed E-state index contributed by atoms with van der Waals surface area (Å²) in [7, 11) is 0. The molecule has 0 aliphatic heterocycles. The van der Waals surface area contributed by atoms with Gasteiger partial charge in [-0.1, -0.05) is 0 Å². The van der Waals surface area contributed by atoms with E-state index in [9.17, 15) is 10.4 Å². The van der Waals surface area contributed by atoms with Crippen LogP contribution in [-0.4, -0.2) is 36.3 Å². The summed E-state index contributed by atoms with van der Waals surface area (Å²) < 4.78 is 7.62. The van der Waals surface area contributed by atoms with Gasteiger partial charge in [0, 0.05) is 35.7 Å². The minimum absolute atomic E-state index is 0.114. The van der Waals surface area contributed by atoms with Crippen LogP contribution in [-0.2, 0) is 0 Å². The molecule has 0 fully saturated rings. The average Bonchev–Trinajstić information content (AvgIpc) is 3.13. The van der Waals surface area contributed by atoms with E-state index in [0.717, 1.165) is 16.8 Å². The van der Waals surface area contributed by atoms with Crippen LogP contribution in [0.25, 0.3) is 16.6 Å². The molecular formula is C23H23N7O2. The first-order valence-electron chi connectivity index (χ1n) is 10.0. The number of pyridine rings is 2. The summed E-state index contributed by atoms with van der Waals surface area (Å²) >= 11 is 0. The molecule has 4 aromatic rings. The fourth-order valence-corrected chi connectivity index (χ4v) is 3.20. The molecule has 4 rings (SSSR count). The molecule has 162 valence electrons. The van der Waals surface area contributed by atoms with Crippen LogP contribution in [0.15, 0.2) is 42.7 Å². The number of hydrogen-bond acceptors (Lipinski definition) is 8. The lowest BCUT2D eigenvalue weighted by atomic mass is 9.97. The van der Waals surface area contributed by atoms with Gasteiger partial charge in [0.1, 0.15) is 24.0 Å². The second kappa shape index (κ2) is 8.15. The predicted octanol–water partition coefficient (Wildman–Crippen LogP) is 4.18. The van der Waals surface area contributed by atoms with Gasteiger partial charge in [-0.25, -0.2) is 19.5 Å². The first-order chi connectivity index (χ1) is 15.2. The monoisotopic (exact) mass is 429 g/mol. The molecule has 2 N–H and O–H groups in total. The zero-order chi connectivity index (χ0) is 22.9. The molecule has 32 heavy (non-hydrogen) atoms. The fourth-order valence-electron chi connectivity index (χ4n) is 3.20. The maximum absolute atomic E-state index is 9.94. The van der Waals surface area contributed by atoms with E-state index < -0.39 is 5.41 Å². The van der Waals surface area contributed by atoms with Crippen molar-refractivity contribution in [2.45, 2.75) is 27.7 Å². The highest BCUT2D eigenvalue weighted by Crippen LogP contribution is 2.33. The molecule has 9 heteroatoms. The Morgan fingerprint density at radius 3 is 2.72 bits per heavy atom. The summed E-state index contributed by atoms with van der Waals surface area (Å²) in [5.74, 6) is 2.37. The van der Waals surface area contributed by atoms with E-state index in [1.165, 1.54) is 6.20 Å². The van der Waals surface area contributed by atoms with Crippen LogP contribution < -0.4 is 10.1 Å². The number of aryl methyl sites for hydroxylation is 2. The third kappa shape index (κ3) is 4.59. The van der Waals surface area contributed by atoms with E-state index in [0.29, 0.717) is 28.8 Å². The van der Waals surface area contributed by atoms with Crippen molar-refractivity contribution in [1.82, 2.24) is 24.6 Å². The molecule has 0 spiro atoms. The summed E-state index contributed by atoms with van der Waals surface area (Å²) in [4.78, 5) is 12.6. The predicted molar refractivity (Wildman–Crippen MR) is 120 cm³/mol. The number of rotatable bonds is 6. The third-order valence-electron chi connectivity index (χ3n) is 4.74. The number of nitrogens with one attached hydrogen (secondary N) is 1. The molecule has 0 saturated carbocycles. The smallest absolute Gasteiger partial charge is 0.211 e. The number of ether oxygens (including phenoxy) is 1. The maximum Gasteiger partial charge on any atom is 0.211 e. The number of aromatic nitrogens is 5. The lowest BCUT2D eigenvalue weighted by Gasteiger charge is -2.18. The lowest BCUT2D eigenvalue weighted by molar-refractivity contribution is 0.227. The Kier molecular flexibility index (Phi) is 5.36. The number of anilines is 2. The second-order valence-corrected chi connectivity index (χ2v) is 8.20. The summed E-state index contributed by atoms with van der Waals surface area (Å²) in [6.07, 6.45) is 3.29. The van der Waals surface area contributed by atoms with Crippen molar-refractivity contribution < 1.29 is 9.84 Å². The quantitative estimate of drug-likeness (QED) is 0.468. The van der Waals surface area contributed by atoms with E-state index >= 15 is 0 Å². The first-order valence-corrected chi connectivity index (χ1v) is 10.0. The van der Waals surface area contributed by atoms with Crippen LogP contribution in [0.5, 0.6) is 11.6 Å². The molecular weight excluding hydrogens is 406 g/mol. The van der Waals surface area contributed by atoms with Gasteiger partial charge in [-0.2, -0.15) is 10.4 Å². The van der Waals surface area contributed by atoms with E-state index in [1.54, 1.807) is 24.4 Å². The molecule has 0 aromatic carbocycles. The molecule has 4 heterocycles. The Labute approximate surface area is 185 Å². The summed E-state index contributed by atoms with van der Waals surface area (Å²) in [5.41, 5.74) is 2.55. The summed E-state index contributed by atoms with van der Waals surface area (Å²) in [6.45, 7) is 7.55. The molecule has 0 aliphatic rings. The number of fused-ring (bicyclic) bond motifs is 1. The van der Waals surface area contributed by atoms with Crippen molar-refractivity contribution in [2.75, 3.05) is 11.9 Å². The summed E-state index contributed by atoms with van der Waals surface area (Å²) in [6, 6.07) is 11.3. The van der Waals surface area contributed by atoms with Crippen molar-refractivity contribution in [2.24, 2.45) is 5.41 Å². The largest absolute Gasteiger partial charge is 0.493 e. The number of aromatic hydroxyl groups is 1. The standard InChI is InChI=1S/C23H23N7O2/c1-14-7-20(27-15(2)26-14)28-21-9-17-8-16(5-6-30(17)29-21)18-10-22(31)25-11-19(18)32-13-23(3,4)12-24/h5-11H,13H2,1-4H3,(H,25,31)(H,26,27,28,29). The second-order valence-electron chi connectivity index (χ2n) is 8.20. The van der Waals surface area contributed by atoms with Crippen LogP contribution in [0, 0.1) is 30.6 Å². The minimum atomic E-state index is -0.650. The molecule has 0 atom stereocenters. The van der Waals surface area contributed by atoms with Gasteiger partial charge in [0.25, 0.3) is 0 Å². The maximum atomic E-state index is 9.94. The lowest BCUT2D eigenvalue weighted by Crippen LogP contribution is -2.19. The number of hydrogen-bond donors (Lipinski definition) is 2. The molecule has 0 amide bonds. The van der Waals surface area contributed by atoms with Crippen LogP contribution in [0.1, 0.15) is 25.4 Å². The van der Waals surface area contributed by atoms with E-state index in [-0.39, 0.29) is 12.5 Å². The molecule has 9 nitrogen and oxygen atoms in total. The average molecular weight is 429 g/mol. The highest BCUT2D eigenvalue weighted by atomic mass is 16.5. The van der Waals surface area contributed by atoms with Gasteiger partial charge in [0.05, 0.1) is 23.2 Å². The Morgan fingerprint density at radius 2 is 1.97 bits per heavy atom. The zero-order valence-corrected chi connectivity index (χ0v) is 18.3. The minimum Gasteiger partial charge on any atom is -0.493 e. The Balaban J connectivity index is 1.66. The van der Waals surface area contributed by atoms with Gasteiger partial charge < -0.3 is 15.2 Å².